The van der Waals surface area contributed by atoms with Gasteiger partial charge in [-0.05, 0) is 17.7 Å². The lowest BCUT2D eigenvalue weighted by molar-refractivity contribution is -0.124. The molecular formula is C15H19N3O2. The number of para-hydroxylation sites is 1. The first kappa shape index (κ1) is 14.3. The number of amides is 1. The number of ether oxygens (including phenoxy) is 1. The average Bonchev–Trinajstić information content (AvgIpc) is 2.44. The first-order valence-electron chi connectivity index (χ1n) is 6.43. The van der Waals surface area contributed by atoms with Crippen LogP contribution in [0.15, 0.2) is 30.3 Å². The van der Waals surface area contributed by atoms with E-state index in [2.05, 4.69) is 10.3 Å². The fourth-order valence-corrected chi connectivity index (χ4v) is 1.98. The molecule has 1 N–H and O–H groups in total. The van der Waals surface area contributed by atoms with Gasteiger partial charge in [0, 0.05) is 33.1 Å². The van der Waals surface area contributed by atoms with Gasteiger partial charge in [0.25, 0.3) is 0 Å². The summed E-state index contributed by atoms with van der Waals surface area (Å²) in [6.45, 7) is 0.537. The van der Waals surface area contributed by atoms with Gasteiger partial charge in [0.05, 0.1) is 5.52 Å². The summed E-state index contributed by atoms with van der Waals surface area (Å²) >= 11 is 0. The highest BCUT2D eigenvalue weighted by molar-refractivity contribution is 5.85. The Kier molecular flexibility index (Phi) is 4.53. The largest absolute Gasteiger partial charge is 0.375 e. The molecule has 0 aliphatic carbocycles. The van der Waals surface area contributed by atoms with E-state index in [1.165, 1.54) is 7.11 Å². The number of benzene rings is 1. The van der Waals surface area contributed by atoms with Crippen molar-refractivity contribution in [2.45, 2.75) is 6.54 Å². The lowest BCUT2D eigenvalue weighted by Gasteiger charge is -2.15. The molecule has 0 unspecified atom stereocenters. The van der Waals surface area contributed by atoms with Crippen molar-refractivity contribution in [3.63, 3.8) is 0 Å². The van der Waals surface area contributed by atoms with E-state index in [-0.39, 0.29) is 12.5 Å². The van der Waals surface area contributed by atoms with Crippen molar-refractivity contribution in [3.05, 3.63) is 35.9 Å². The number of fused-ring (bicyclic) bond motifs is 1. The normalized spacial score (nSPS) is 10.6. The molecule has 0 saturated heterocycles. The first-order valence-corrected chi connectivity index (χ1v) is 6.43. The molecule has 0 radical (unpaired) electrons. The zero-order valence-corrected chi connectivity index (χ0v) is 12.0. The van der Waals surface area contributed by atoms with Gasteiger partial charge >= 0.3 is 0 Å². The molecule has 106 valence electrons. The summed E-state index contributed by atoms with van der Waals surface area (Å²) in [4.78, 5) is 18.0. The van der Waals surface area contributed by atoms with Gasteiger partial charge in [0.2, 0.25) is 5.91 Å². The molecule has 0 bridgehead atoms. The predicted octanol–water partition coefficient (Wildman–Crippen LogP) is 1.56. The third kappa shape index (κ3) is 3.24. The van der Waals surface area contributed by atoms with Crippen molar-refractivity contribution >= 4 is 22.6 Å². The highest BCUT2D eigenvalue weighted by atomic mass is 16.5. The van der Waals surface area contributed by atoms with Gasteiger partial charge in [0.15, 0.2) is 0 Å². The number of nitrogens with zero attached hydrogens (tertiary/aromatic N) is 2. The number of hydrogen-bond acceptors (Lipinski definition) is 4. The maximum absolute atomic E-state index is 11.5. The summed E-state index contributed by atoms with van der Waals surface area (Å²) in [7, 11) is 5.40. The van der Waals surface area contributed by atoms with Crippen molar-refractivity contribution in [3.8, 4) is 0 Å². The van der Waals surface area contributed by atoms with Gasteiger partial charge in [-0.1, -0.05) is 18.2 Å². The van der Waals surface area contributed by atoms with Gasteiger partial charge in [0.1, 0.15) is 12.4 Å². The molecule has 0 atom stereocenters. The van der Waals surface area contributed by atoms with Crippen molar-refractivity contribution < 1.29 is 9.53 Å². The molecule has 1 amide bonds. The number of pyridine rings is 1. The van der Waals surface area contributed by atoms with Crippen LogP contribution in [0.25, 0.3) is 10.9 Å². The zero-order chi connectivity index (χ0) is 14.5. The van der Waals surface area contributed by atoms with Crippen LogP contribution in [0.1, 0.15) is 5.56 Å². The second-order valence-corrected chi connectivity index (χ2v) is 4.76. The Labute approximate surface area is 118 Å². The molecule has 1 aromatic carbocycles. The smallest absolute Gasteiger partial charge is 0.246 e. The average molecular weight is 273 g/mol. The quantitative estimate of drug-likeness (QED) is 0.898. The predicted molar refractivity (Wildman–Crippen MR) is 79.8 cm³/mol. The minimum atomic E-state index is -0.125. The third-order valence-electron chi connectivity index (χ3n) is 3.00. The molecular weight excluding hydrogens is 254 g/mol. The van der Waals surface area contributed by atoms with E-state index in [4.69, 9.17) is 4.74 Å². The van der Waals surface area contributed by atoms with E-state index >= 15 is 0 Å². The summed E-state index contributed by atoms with van der Waals surface area (Å²) in [6.07, 6.45) is 0. The molecule has 0 aliphatic rings. The minimum Gasteiger partial charge on any atom is -0.375 e. The topological polar surface area (TPSA) is 54.5 Å². The number of carbonyl (C=O) groups excluding carboxylic acids is 1. The Morgan fingerprint density at radius 2 is 2.10 bits per heavy atom. The summed E-state index contributed by atoms with van der Waals surface area (Å²) in [5, 5.41) is 3.90. The molecule has 0 spiro atoms. The monoisotopic (exact) mass is 273 g/mol. The third-order valence-corrected chi connectivity index (χ3v) is 3.00. The fraction of sp³-hybridized carbons (Fsp3) is 0.333. The Morgan fingerprint density at radius 1 is 1.35 bits per heavy atom. The van der Waals surface area contributed by atoms with Crippen molar-refractivity contribution in [1.29, 1.82) is 0 Å². The Hall–Kier alpha value is -2.14. The van der Waals surface area contributed by atoms with E-state index in [1.54, 1.807) is 0 Å². The van der Waals surface area contributed by atoms with Gasteiger partial charge < -0.3 is 15.0 Å². The minimum absolute atomic E-state index is 0.0730. The Morgan fingerprint density at radius 3 is 2.80 bits per heavy atom. The molecule has 1 aromatic heterocycles. The maximum Gasteiger partial charge on any atom is 0.246 e. The van der Waals surface area contributed by atoms with Crippen molar-refractivity contribution in [2.75, 3.05) is 32.7 Å². The SMILES string of the molecule is COCC(=O)NCc1cc(N(C)C)nc2ccccc12. The van der Waals surface area contributed by atoms with Gasteiger partial charge in [-0.15, -0.1) is 0 Å². The molecule has 0 aliphatic heterocycles. The fourth-order valence-electron chi connectivity index (χ4n) is 1.98. The van der Waals surface area contributed by atoms with Crippen molar-refractivity contribution in [1.82, 2.24) is 10.3 Å². The molecule has 1 heterocycles. The molecule has 2 rings (SSSR count). The first-order chi connectivity index (χ1) is 9.61. The summed E-state index contributed by atoms with van der Waals surface area (Å²) in [5.41, 5.74) is 1.97. The number of rotatable bonds is 5. The summed E-state index contributed by atoms with van der Waals surface area (Å²) < 4.78 is 4.81. The van der Waals surface area contributed by atoms with Crippen LogP contribution >= 0.6 is 0 Å². The molecule has 20 heavy (non-hydrogen) atoms. The van der Waals surface area contributed by atoms with Gasteiger partial charge in [-0.2, -0.15) is 0 Å². The number of hydrogen-bond donors (Lipinski definition) is 1. The second kappa shape index (κ2) is 6.34. The van der Waals surface area contributed by atoms with E-state index in [0.717, 1.165) is 22.3 Å². The van der Waals surface area contributed by atoms with Crippen molar-refractivity contribution in [2.24, 2.45) is 0 Å². The van der Waals surface area contributed by atoms with E-state index < -0.39 is 0 Å². The maximum atomic E-state index is 11.5. The lowest BCUT2D eigenvalue weighted by Crippen LogP contribution is -2.26. The number of anilines is 1. The molecule has 0 saturated carbocycles. The molecule has 5 heteroatoms. The number of aromatic nitrogens is 1. The number of methoxy groups -OCH3 is 1. The Balaban J connectivity index is 2.32. The van der Waals surface area contributed by atoms with E-state index in [1.807, 2.05) is 49.3 Å². The van der Waals surface area contributed by atoms with Crippen LogP contribution in [0, 0.1) is 0 Å². The molecule has 0 fully saturated rings. The van der Waals surface area contributed by atoms with Crippen LogP contribution < -0.4 is 10.2 Å². The van der Waals surface area contributed by atoms with Gasteiger partial charge in [-0.25, -0.2) is 4.98 Å². The van der Waals surface area contributed by atoms with Crippen LogP contribution in [0.4, 0.5) is 5.82 Å². The number of nitrogens with one attached hydrogen (secondary N) is 1. The van der Waals surface area contributed by atoms with Crippen LogP contribution in [0.2, 0.25) is 0 Å². The summed E-state index contributed by atoms with van der Waals surface area (Å²) in [5.74, 6) is 0.750. The van der Waals surface area contributed by atoms with E-state index in [0.29, 0.717) is 6.54 Å². The molecule has 2 aromatic rings. The van der Waals surface area contributed by atoms with E-state index in [9.17, 15) is 4.79 Å². The number of carbonyl (C=O) groups is 1. The van der Waals surface area contributed by atoms with Crippen LogP contribution in [-0.2, 0) is 16.1 Å². The highest BCUT2D eigenvalue weighted by Crippen LogP contribution is 2.21. The molecule has 5 nitrogen and oxygen atoms in total. The highest BCUT2D eigenvalue weighted by Gasteiger charge is 2.08. The van der Waals surface area contributed by atoms with Crippen LogP contribution in [-0.4, -0.2) is 38.7 Å². The lowest BCUT2D eigenvalue weighted by atomic mass is 10.1. The Bertz CT molecular complexity index is 611. The van der Waals surface area contributed by atoms with Crippen LogP contribution in [0.3, 0.4) is 0 Å². The zero-order valence-electron chi connectivity index (χ0n) is 12.0. The standard InChI is InChI=1S/C15H19N3O2/c1-18(2)14-8-11(9-16-15(19)10-20-3)12-6-4-5-7-13(12)17-14/h4-8H,9-10H2,1-3H3,(H,16,19). The second-order valence-electron chi connectivity index (χ2n) is 4.76. The van der Waals surface area contributed by atoms with Gasteiger partial charge in [-0.3, -0.25) is 4.79 Å². The summed E-state index contributed by atoms with van der Waals surface area (Å²) in [6, 6.07) is 9.92. The van der Waals surface area contributed by atoms with Crippen LogP contribution in [0.5, 0.6) is 0 Å².